The van der Waals surface area contributed by atoms with Crippen LogP contribution in [0.2, 0.25) is 5.02 Å². The molecular weight excluding hydrogens is 354 g/mol. The number of aliphatic carboxylic acids is 1. The molecule has 1 unspecified atom stereocenters. The maximum Gasteiger partial charge on any atom is 0.303 e. The third-order valence-corrected chi connectivity index (χ3v) is 4.21. The first-order valence-corrected chi connectivity index (χ1v) is 8.71. The van der Waals surface area contributed by atoms with Crippen LogP contribution in [-0.2, 0) is 17.6 Å². The number of carbonyl (C=O) groups is 2. The largest absolute Gasteiger partial charge is 0.496 e. The molecule has 2 aromatic carbocycles. The average Bonchev–Trinajstić information content (AvgIpc) is 2.60. The van der Waals surface area contributed by atoms with Crippen molar-refractivity contribution in [3.63, 3.8) is 0 Å². The highest BCUT2D eigenvalue weighted by molar-refractivity contribution is 6.31. The number of rotatable bonds is 8. The zero-order valence-electron chi connectivity index (χ0n) is 14.8. The van der Waals surface area contributed by atoms with Gasteiger partial charge >= 0.3 is 5.97 Å². The van der Waals surface area contributed by atoms with Crippen molar-refractivity contribution in [2.45, 2.75) is 32.2 Å². The topological polar surface area (TPSA) is 75.6 Å². The van der Waals surface area contributed by atoms with Crippen molar-refractivity contribution in [2.75, 3.05) is 7.11 Å². The van der Waals surface area contributed by atoms with E-state index in [0.29, 0.717) is 29.2 Å². The second kappa shape index (κ2) is 9.25. The fourth-order valence-corrected chi connectivity index (χ4v) is 2.83. The summed E-state index contributed by atoms with van der Waals surface area (Å²) in [4.78, 5) is 23.1. The van der Waals surface area contributed by atoms with E-state index in [-0.39, 0.29) is 18.4 Å². The quantitative estimate of drug-likeness (QED) is 0.737. The van der Waals surface area contributed by atoms with E-state index in [4.69, 9.17) is 21.4 Å². The van der Waals surface area contributed by atoms with Crippen LogP contribution in [0.3, 0.4) is 0 Å². The molecule has 6 heteroatoms. The van der Waals surface area contributed by atoms with Crippen molar-refractivity contribution < 1.29 is 19.4 Å². The fraction of sp³-hybridized carbons (Fsp3) is 0.300. The van der Waals surface area contributed by atoms with Crippen LogP contribution in [0.25, 0.3) is 0 Å². The molecular formula is C20H22ClNO4. The summed E-state index contributed by atoms with van der Waals surface area (Å²) in [6.07, 6.45) is 1.29. The van der Waals surface area contributed by atoms with Crippen molar-refractivity contribution in [1.29, 1.82) is 0 Å². The molecule has 0 saturated heterocycles. The predicted octanol–water partition coefficient (Wildman–Crippen LogP) is 3.73. The van der Waals surface area contributed by atoms with Crippen LogP contribution < -0.4 is 10.1 Å². The van der Waals surface area contributed by atoms with Crippen molar-refractivity contribution in [2.24, 2.45) is 0 Å². The van der Waals surface area contributed by atoms with Gasteiger partial charge in [-0.05, 0) is 49.1 Å². The molecule has 5 nitrogen and oxygen atoms in total. The lowest BCUT2D eigenvalue weighted by molar-refractivity contribution is -0.136. The van der Waals surface area contributed by atoms with Gasteiger partial charge in [0.2, 0.25) is 0 Å². The summed E-state index contributed by atoms with van der Waals surface area (Å²) in [7, 11) is 1.51. The maximum atomic E-state index is 12.5. The zero-order chi connectivity index (χ0) is 19.1. The summed E-state index contributed by atoms with van der Waals surface area (Å²) >= 11 is 5.97. The lowest BCUT2D eigenvalue weighted by atomic mass is 10.0. The molecule has 0 fully saturated rings. The molecule has 0 saturated carbocycles. The zero-order valence-corrected chi connectivity index (χ0v) is 15.5. The number of methoxy groups -OCH3 is 1. The molecule has 2 rings (SSSR count). The Hall–Kier alpha value is -2.53. The molecule has 0 heterocycles. The number of carbonyl (C=O) groups excluding carboxylic acids is 1. The van der Waals surface area contributed by atoms with Gasteiger partial charge in [0, 0.05) is 17.5 Å². The number of hydrogen-bond acceptors (Lipinski definition) is 3. The number of nitrogens with one attached hydrogen (secondary N) is 1. The molecule has 0 aliphatic carbocycles. The molecule has 0 aromatic heterocycles. The Kier molecular flexibility index (Phi) is 7.04. The molecule has 2 N–H and O–H groups in total. The van der Waals surface area contributed by atoms with Crippen LogP contribution in [0, 0.1) is 0 Å². The maximum absolute atomic E-state index is 12.5. The van der Waals surface area contributed by atoms with Gasteiger partial charge in [-0.15, -0.1) is 0 Å². The van der Waals surface area contributed by atoms with Crippen molar-refractivity contribution >= 4 is 23.5 Å². The number of carboxylic acid groups (broad SMARTS) is 1. The molecule has 1 atom stereocenters. The van der Waals surface area contributed by atoms with Crippen molar-refractivity contribution in [3.05, 3.63) is 64.2 Å². The van der Waals surface area contributed by atoms with E-state index in [1.165, 1.54) is 7.11 Å². The normalized spacial score (nSPS) is 11.7. The molecule has 0 aliphatic rings. The van der Waals surface area contributed by atoms with Crippen molar-refractivity contribution in [1.82, 2.24) is 5.32 Å². The molecule has 26 heavy (non-hydrogen) atoms. The summed E-state index contributed by atoms with van der Waals surface area (Å²) in [5.41, 5.74) is 2.45. The summed E-state index contributed by atoms with van der Waals surface area (Å²) in [5, 5.41) is 12.1. The first kappa shape index (κ1) is 19.8. The summed E-state index contributed by atoms with van der Waals surface area (Å²) in [6.45, 7) is 1.92. The van der Waals surface area contributed by atoms with Gasteiger partial charge in [-0.2, -0.15) is 0 Å². The Morgan fingerprint density at radius 3 is 2.42 bits per heavy atom. The lowest BCUT2D eigenvalue weighted by Gasteiger charge is -2.16. The molecule has 0 bridgehead atoms. The third kappa shape index (κ3) is 5.77. The van der Waals surface area contributed by atoms with Gasteiger partial charge in [0.25, 0.3) is 5.91 Å². The van der Waals surface area contributed by atoms with Gasteiger partial charge in [0.05, 0.1) is 12.7 Å². The summed E-state index contributed by atoms with van der Waals surface area (Å²) in [5.74, 6) is -0.571. The molecule has 138 valence electrons. The van der Waals surface area contributed by atoms with Crippen LogP contribution in [0.5, 0.6) is 5.75 Å². The van der Waals surface area contributed by atoms with E-state index in [1.807, 2.05) is 31.2 Å². The highest BCUT2D eigenvalue weighted by atomic mass is 35.5. The second-order valence-corrected chi connectivity index (χ2v) is 6.57. The van der Waals surface area contributed by atoms with E-state index >= 15 is 0 Å². The third-order valence-electron chi connectivity index (χ3n) is 3.98. The van der Waals surface area contributed by atoms with Gasteiger partial charge in [0.15, 0.2) is 0 Å². The Bertz CT molecular complexity index is 774. The average molecular weight is 376 g/mol. The van der Waals surface area contributed by atoms with E-state index in [0.717, 1.165) is 11.1 Å². The minimum atomic E-state index is -0.804. The molecule has 0 radical (unpaired) electrons. The monoisotopic (exact) mass is 375 g/mol. The van der Waals surface area contributed by atoms with Gasteiger partial charge in [-0.25, -0.2) is 0 Å². The van der Waals surface area contributed by atoms with Crippen LogP contribution in [0.4, 0.5) is 0 Å². The number of hydrogen-bond donors (Lipinski definition) is 2. The number of benzene rings is 2. The Morgan fingerprint density at radius 1 is 1.15 bits per heavy atom. The fourth-order valence-electron chi connectivity index (χ4n) is 2.66. The SMILES string of the molecule is COc1ccc(Cl)cc1C(=O)NC(C)Cc1ccc(CCC(=O)O)cc1. The van der Waals surface area contributed by atoms with E-state index < -0.39 is 5.97 Å². The number of halogens is 1. The number of ether oxygens (including phenoxy) is 1. The number of carboxylic acids is 1. The van der Waals surface area contributed by atoms with E-state index in [1.54, 1.807) is 18.2 Å². The smallest absolute Gasteiger partial charge is 0.303 e. The Morgan fingerprint density at radius 2 is 1.81 bits per heavy atom. The van der Waals surface area contributed by atoms with Gasteiger partial charge in [-0.1, -0.05) is 35.9 Å². The van der Waals surface area contributed by atoms with Crippen LogP contribution >= 0.6 is 11.6 Å². The van der Waals surface area contributed by atoms with E-state index in [2.05, 4.69) is 5.32 Å². The van der Waals surface area contributed by atoms with Gasteiger partial charge < -0.3 is 15.2 Å². The molecule has 0 aliphatic heterocycles. The molecule has 1 amide bonds. The Labute approximate surface area is 157 Å². The number of amides is 1. The van der Waals surface area contributed by atoms with Crippen LogP contribution in [-0.4, -0.2) is 30.1 Å². The minimum absolute atomic E-state index is 0.0870. The van der Waals surface area contributed by atoms with Gasteiger partial charge in [0.1, 0.15) is 5.75 Å². The highest BCUT2D eigenvalue weighted by Crippen LogP contribution is 2.22. The minimum Gasteiger partial charge on any atom is -0.496 e. The van der Waals surface area contributed by atoms with Gasteiger partial charge in [-0.3, -0.25) is 9.59 Å². The van der Waals surface area contributed by atoms with Crippen LogP contribution in [0.15, 0.2) is 42.5 Å². The van der Waals surface area contributed by atoms with Crippen molar-refractivity contribution in [3.8, 4) is 5.75 Å². The number of aryl methyl sites for hydroxylation is 1. The lowest BCUT2D eigenvalue weighted by Crippen LogP contribution is -2.34. The first-order chi connectivity index (χ1) is 12.4. The Balaban J connectivity index is 1.96. The highest BCUT2D eigenvalue weighted by Gasteiger charge is 2.15. The molecule has 2 aromatic rings. The first-order valence-electron chi connectivity index (χ1n) is 8.33. The summed E-state index contributed by atoms with van der Waals surface area (Å²) < 4.78 is 5.21. The van der Waals surface area contributed by atoms with E-state index in [9.17, 15) is 9.59 Å². The second-order valence-electron chi connectivity index (χ2n) is 6.13. The standard InChI is InChI=1S/C20H22ClNO4/c1-13(11-15-5-3-14(4-6-15)7-10-19(23)24)22-20(25)17-12-16(21)8-9-18(17)26-2/h3-6,8-9,12-13H,7,10-11H2,1-2H3,(H,22,25)(H,23,24). The molecule has 0 spiro atoms. The van der Waals surface area contributed by atoms with Crippen LogP contribution in [0.1, 0.15) is 34.8 Å². The predicted molar refractivity (Wildman–Crippen MR) is 101 cm³/mol. The summed E-state index contributed by atoms with van der Waals surface area (Å²) in [6, 6.07) is 12.6.